The van der Waals surface area contributed by atoms with Crippen molar-refractivity contribution in [1.82, 2.24) is 15.6 Å². The van der Waals surface area contributed by atoms with Crippen LogP contribution in [0.4, 0.5) is 0 Å². The number of carbonyl (C=O) groups excluding carboxylic acids is 2. The fourth-order valence-corrected chi connectivity index (χ4v) is 3.74. The quantitative estimate of drug-likeness (QED) is 0.726. The number of ketones is 1. The van der Waals surface area contributed by atoms with Crippen LogP contribution in [0.3, 0.4) is 0 Å². The number of hydrogen-bond donors (Lipinski definition) is 3. The summed E-state index contributed by atoms with van der Waals surface area (Å²) < 4.78 is 5.34. The zero-order valence-electron chi connectivity index (χ0n) is 14.6. The molecule has 1 aromatic heterocycles. The van der Waals surface area contributed by atoms with E-state index in [1.54, 1.807) is 7.11 Å². The Morgan fingerprint density at radius 2 is 2.04 bits per heavy atom. The molecule has 1 saturated heterocycles. The Kier molecular flexibility index (Phi) is 5.34. The molecular formula is C18H25N3O4. The first-order valence-corrected chi connectivity index (χ1v) is 8.82. The molecule has 25 heavy (non-hydrogen) atoms. The van der Waals surface area contributed by atoms with Crippen LogP contribution in [0.5, 0.6) is 0 Å². The molecule has 7 nitrogen and oxygen atoms in total. The van der Waals surface area contributed by atoms with Gasteiger partial charge in [-0.3, -0.25) is 14.4 Å². The van der Waals surface area contributed by atoms with Crippen molar-refractivity contribution >= 4 is 11.7 Å². The Labute approximate surface area is 146 Å². The van der Waals surface area contributed by atoms with Gasteiger partial charge in [0, 0.05) is 36.7 Å². The van der Waals surface area contributed by atoms with Gasteiger partial charge in [0.15, 0.2) is 5.78 Å². The van der Waals surface area contributed by atoms with Gasteiger partial charge in [-0.15, -0.1) is 0 Å². The molecule has 1 aliphatic heterocycles. The number of nitrogens with one attached hydrogen (secondary N) is 3. The highest BCUT2D eigenvalue weighted by molar-refractivity contribution is 6.01. The predicted octanol–water partition coefficient (Wildman–Crippen LogP) is 0.640. The minimum atomic E-state index is -0.434. The van der Waals surface area contributed by atoms with Gasteiger partial charge >= 0.3 is 0 Å². The number of methoxy groups -OCH3 is 1. The van der Waals surface area contributed by atoms with Gasteiger partial charge in [-0.1, -0.05) is 0 Å². The fourth-order valence-electron chi connectivity index (χ4n) is 3.74. The Balaban J connectivity index is 1.76. The maximum atomic E-state index is 12.5. The predicted molar refractivity (Wildman–Crippen MR) is 93.1 cm³/mol. The van der Waals surface area contributed by atoms with E-state index in [0.717, 1.165) is 32.4 Å². The first-order chi connectivity index (χ1) is 12.0. The standard InChI is InChI=1S/C18H25N3O4/c1-25-11-18(5-7-19-8-6-18)10-20-16(23)13-9-12-14(21-17(13)24)3-2-4-15(12)22/h9,19H,2-8,10-11H2,1H3,(H,20,23)(H,21,24). The summed E-state index contributed by atoms with van der Waals surface area (Å²) in [4.78, 5) is 39.5. The number of aryl methyl sites for hydroxylation is 1. The zero-order valence-corrected chi connectivity index (χ0v) is 14.6. The molecule has 1 fully saturated rings. The third-order valence-electron chi connectivity index (χ3n) is 5.24. The van der Waals surface area contributed by atoms with Crippen molar-refractivity contribution < 1.29 is 14.3 Å². The number of ether oxygens (including phenoxy) is 1. The van der Waals surface area contributed by atoms with Crippen LogP contribution in [0.25, 0.3) is 0 Å². The van der Waals surface area contributed by atoms with Crippen LogP contribution in [0.1, 0.15) is 52.1 Å². The van der Waals surface area contributed by atoms with Crippen LogP contribution in [0.15, 0.2) is 10.9 Å². The molecule has 1 amide bonds. The third-order valence-corrected chi connectivity index (χ3v) is 5.24. The van der Waals surface area contributed by atoms with E-state index in [0.29, 0.717) is 37.3 Å². The van der Waals surface area contributed by atoms with Crippen molar-refractivity contribution in [2.75, 3.05) is 33.4 Å². The molecule has 7 heteroatoms. The molecule has 136 valence electrons. The SMILES string of the molecule is COCC1(CNC(=O)c2cc3c([nH]c2=O)CCCC3=O)CCNCC1. The fraction of sp³-hybridized carbons (Fsp3) is 0.611. The maximum absolute atomic E-state index is 12.5. The topological polar surface area (TPSA) is 100 Å². The molecule has 0 radical (unpaired) electrons. The lowest BCUT2D eigenvalue weighted by Crippen LogP contribution is -2.47. The van der Waals surface area contributed by atoms with E-state index >= 15 is 0 Å². The van der Waals surface area contributed by atoms with Gasteiger partial charge in [0.05, 0.1) is 6.61 Å². The maximum Gasteiger partial charge on any atom is 0.261 e. The molecule has 2 heterocycles. The number of aromatic amines is 1. The molecule has 3 rings (SSSR count). The number of Topliss-reactive ketones (excluding diaryl/α,β-unsaturated/α-hetero) is 1. The highest BCUT2D eigenvalue weighted by Crippen LogP contribution is 2.28. The molecule has 3 N–H and O–H groups in total. The lowest BCUT2D eigenvalue weighted by molar-refractivity contribution is 0.0511. The van der Waals surface area contributed by atoms with Crippen LogP contribution in [0.2, 0.25) is 0 Å². The van der Waals surface area contributed by atoms with Crippen molar-refractivity contribution in [3.63, 3.8) is 0 Å². The molecule has 0 spiro atoms. The summed E-state index contributed by atoms with van der Waals surface area (Å²) in [5.41, 5.74) is 0.580. The van der Waals surface area contributed by atoms with Gasteiger partial charge in [0.2, 0.25) is 0 Å². The zero-order chi connectivity index (χ0) is 17.9. The van der Waals surface area contributed by atoms with Gasteiger partial charge in [-0.2, -0.15) is 0 Å². The smallest absolute Gasteiger partial charge is 0.261 e. The summed E-state index contributed by atoms with van der Waals surface area (Å²) in [6.07, 6.45) is 3.67. The molecule has 0 aromatic carbocycles. The van der Waals surface area contributed by atoms with Crippen LogP contribution in [0, 0.1) is 5.41 Å². The largest absolute Gasteiger partial charge is 0.384 e. The van der Waals surface area contributed by atoms with Crippen LogP contribution < -0.4 is 16.2 Å². The van der Waals surface area contributed by atoms with Gasteiger partial charge in [0.25, 0.3) is 11.5 Å². The Morgan fingerprint density at radius 3 is 2.76 bits per heavy atom. The number of pyridine rings is 1. The molecule has 0 unspecified atom stereocenters. The van der Waals surface area contributed by atoms with E-state index in [1.807, 2.05) is 0 Å². The number of piperidine rings is 1. The summed E-state index contributed by atoms with van der Waals surface area (Å²) in [7, 11) is 1.66. The number of hydrogen-bond acceptors (Lipinski definition) is 5. The number of aromatic nitrogens is 1. The summed E-state index contributed by atoms with van der Waals surface area (Å²) in [5, 5.41) is 6.18. The van der Waals surface area contributed by atoms with Gasteiger partial charge in [0.1, 0.15) is 5.56 Å². The van der Waals surface area contributed by atoms with Gasteiger partial charge < -0.3 is 20.4 Å². The molecule has 2 aliphatic rings. The molecule has 0 bridgehead atoms. The average Bonchev–Trinajstić information content (AvgIpc) is 2.61. The van der Waals surface area contributed by atoms with E-state index in [-0.39, 0.29) is 16.8 Å². The van der Waals surface area contributed by atoms with E-state index < -0.39 is 11.5 Å². The van der Waals surface area contributed by atoms with Crippen LogP contribution in [-0.4, -0.2) is 50.0 Å². The van der Waals surface area contributed by atoms with E-state index in [4.69, 9.17) is 4.74 Å². The Bertz CT molecular complexity index is 714. The van der Waals surface area contributed by atoms with Crippen molar-refractivity contribution in [3.8, 4) is 0 Å². The van der Waals surface area contributed by atoms with Crippen molar-refractivity contribution in [2.24, 2.45) is 5.41 Å². The number of fused-ring (bicyclic) bond motifs is 1. The summed E-state index contributed by atoms with van der Waals surface area (Å²) in [6.45, 7) is 2.78. The van der Waals surface area contributed by atoms with Gasteiger partial charge in [-0.05, 0) is 44.8 Å². The summed E-state index contributed by atoms with van der Waals surface area (Å²) in [6, 6.07) is 1.45. The van der Waals surface area contributed by atoms with E-state index in [9.17, 15) is 14.4 Å². The lowest BCUT2D eigenvalue weighted by Gasteiger charge is -2.37. The minimum Gasteiger partial charge on any atom is -0.384 e. The van der Waals surface area contributed by atoms with Crippen LogP contribution in [-0.2, 0) is 11.2 Å². The Hall–Kier alpha value is -1.99. The number of amides is 1. The van der Waals surface area contributed by atoms with Crippen LogP contribution >= 0.6 is 0 Å². The number of rotatable bonds is 5. The molecule has 1 aromatic rings. The first-order valence-electron chi connectivity index (χ1n) is 8.82. The normalized spacial score (nSPS) is 19.3. The molecular weight excluding hydrogens is 322 g/mol. The van der Waals surface area contributed by atoms with E-state index in [1.165, 1.54) is 6.07 Å². The van der Waals surface area contributed by atoms with Crippen molar-refractivity contribution in [2.45, 2.75) is 32.1 Å². The Morgan fingerprint density at radius 1 is 1.28 bits per heavy atom. The molecule has 0 saturated carbocycles. The second-order valence-corrected chi connectivity index (χ2v) is 7.05. The molecule has 0 atom stereocenters. The van der Waals surface area contributed by atoms with E-state index in [2.05, 4.69) is 15.6 Å². The van der Waals surface area contributed by atoms with Crippen molar-refractivity contribution in [1.29, 1.82) is 0 Å². The number of carbonyl (C=O) groups is 2. The monoisotopic (exact) mass is 347 g/mol. The summed E-state index contributed by atoms with van der Waals surface area (Å²) >= 11 is 0. The van der Waals surface area contributed by atoms with Gasteiger partial charge in [-0.25, -0.2) is 0 Å². The minimum absolute atomic E-state index is 0.00972. The number of H-pyrrole nitrogens is 1. The average molecular weight is 347 g/mol. The first kappa shape index (κ1) is 17.8. The summed E-state index contributed by atoms with van der Waals surface area (Å²) in [5.74, 6) is -0.447. The lowest BCUT2D eigenvalue weighted by atomic mass is 9.79. The van der Waals surface area contributed by atoms with Crippen molar-refractivity contribution in [3.05, 3.63) is 33.2 Å². The third kappa shape index (κ3) is 3.82. The highest BCUT2D eigenvalue weighted by atomic mass is 16.5. The highest BCUT2D eigenvalue weighted by Gasteiger charge is 2.33. The molecule has 1 aliphatic carbocycles. The second-order valence-electron chi connectivity index (χ2n) is 7.05. The second kappa shape index (κ2) is 7.49.